The predicted octanol–water partition coefficient (Wildman–Crippen LogP) is 0.496. The molecule has 0 unspecified atom stereocenters. The summed E-state index contributed by atoms with van der Waals surface area (Å²) in [5.41, 5.74) is 2.31. The van der Waals surface area contributed by atoms with Gasteiger partial charge in [-0.3, -0.25) is 9.58 Å². The minimum Gasteiger partial charge on any atom is -0.298 e. The van der Waals surface area contributed by atoms with Crippen LogP contribution >= 0.6 is 0 Å². The van der Waals surface area contributed by atoms with E-state index in [0.717, 1.165) is 25.2 Å². The largest absolute Gasteiger partial charge is 0.298 e. The second-order valence-electron chi connectivity index (χ2n) is 5.32. The van der Waals surface area contributed by atoms with E-state index in [-0.39, 0.29) is 5.25 Å². The Morgan fingerprint density at radius 3 is 2.85 bits per heavy atom. The molecule has 0 spiro atoms. The first-order valence-corrected chi connectivity index (χ1v) is 8.73. The summed E-state index contributed by atoms with van der Waals surface area (Å²) >= 11 is 0. The summed E-state index contributed by atoms with van der Waals surface area (Å²) in [6, 6.07) is 0. The lowest BCUT2D eigenvalue weighted by atomic mass is 10.2. The average Bonchev–Trinajstić information content (AvgIpc) is 2.97. The molecule has 1 saturated heterocycles. The Kier molecular flexibility index (Phi) is 4.82. The molecular formula is C13H24N4O2S. The fraction of sp³-hybridized carbons (Fsp3) is 0.769. The van der Waals surface area contributed by atoms with Gasteiger partial charge in [-0.1, -0.05) is 13.8 Å². The molecule has 0 saturated carbocycles. The fourth-order valence-corrected chi connectivity index (χ4v) is 4.23. The van der Waals surface area contributed by atoms with Gasteiger partial charge in [-0.25, -0.2) is 13.1 Å². The van der Waals surface area contributed by atoms with E-state index in [4.69, 9.17) is 0 Å². The van der Waals surface area contributed by atoms with Crippen molar-refractivity contribution in [3.05, 3.63) is 17.5 Å². The van der Waals surface area contributed by atoms with Crippen LogP contribution in [0.4, 0.5) is 0 Å². The van der Waals surface area contributed by atoms with Crippen molar-refractivity contribution in [2.45, 2.75) is 38.5 Å². The Morgan fingerprint density at radius 2 is 2.20 bits per heavy atom. The first kappa shape index (κ1) is 15.5. The molecule has 2 rings (SSSR count). The molecule has 1 fully saturated rings. The second-order valence-corrected chi connectivity index (χ2v) is 7.36. The van der Waals surface area contributed by atoms with Crippen LogP contribution < -0.4 is 4.72 Å². The van der Waals surface area contributed by atoms with Crippen LogP contribution in [0.1, 0.15) is 31.5 Å². The number of aromatic nitrogens is 2. The number of likely N-dealkylation sites (tertiary alicyclic amines) is 1. The number of aryl methyl sites for hydroxylation is 2. The van der Waals surface area contributed by atoms with Crippen molar-refractivity contribution >= 4 is 10.0 Å². The zero-order valence-corrected chi connectivity index (χ0v) is 13.3. The van der Waals surface area contributed by atoms with Crippen molar-refractivity contribution in [3.8, 4) is 0 Å². The maximum absolute atomic E-state index is 12.0. The number of sulfonamides is 1. The number of rotatable bonds is 6. The third-order valence-corrected chi connectivity index (χ3v) is 5.69. The van der Waals surface area contributed by atoms with Crippen LogP contribution in [0.25, 0.3) is 0 Å². The fourth-order valence-electron chi connectivity index (χ4n) is 2.77. The topological polar surface area (TPSA) is 67.2 Å². The molecule has 1 aliphatic rings. The molecule has 0 aromatic carbocycles. The van der Waals surface area contributed by atoms with Crippen LogP contribution in [0.3, 0.4) is 0 Å². The van der Waals surface area contributed by atoms with E-state index in [2.05, 4.69) is 21.6 Å². The van der Waals surface area contributed by atoms with Gasteiger partial charge in [0.15, 0.2) is 0 Å². The van der Waals surface area contributed by atoms with Crippen molar-refractivity contribution in [2.24, 2.45) is 7.05 Å². The Balaban J connectivity index is 2.00. The Morgan fingerprint density at radius 1 is 1.45 bits per heavy atom. The van der Waals surface area contributed by atoms with E-state index in [1.54, 1.807) is 0 Å². The van der Waals surface area contributed by atoms with Gasteiger partial charge < -0.3 is 0 Å². The monoisotopic (exact) mass is 300 g/mol. The first-order valence-electron chi connectivity index (χ1n) is 7.18. The third kappa shape index (κ3) is 3.39. The van der Waals surface area contributed by atoms with Crippen LogP contribution in [0.15, 0.2) is 6.20 Å². The van der Waals surface area contributed by atoms with Crippen LogP contribution in [-0.2, 0) is 30.0 Å². The predicted molar refractivity (Wildman–Crippen MR) is 78.9 cm³/mol. The molecule has 114 valence electrons. The van der Waals surface area contributed by atoms with Gasteiger partial charge in [-0.15, -0.1) is 0 Å². The third-order valence-electron chi connectivity index (χ3n) is 3.73. The Labute approximate surface area is 121 Å². The molecule has 2 heterocycles. The molecule has 1 aliphatic heterocycles. The van der Waals surface area contributed by atoms with Crippen molar-refractivity contribution in [1.82, 2.24) is 19.4 Å². The molecular weight excluding hydrogens is 276 g/mol. The summed E-state index contributed by atoms with van der Waals surface area (Å²) < 4.78 is 28.4. The molecule has 1 aromatic rings. The molecule has 0 bridgehead atoms. The van der Waals surface area contributed by atoms with Gasteiger partial charge in [-0.2, -0.15) is 5.10 Å². The van der Waals surface area contributed by atoms with E-state index < -0.39 is 10.0 Å². The highest BCUT2D eigenvalue weighted by Gasteiger charge is 2.32. The van der Waals surface area contributed by atoms with Crippen LogP contribution in [0.5, 0.6) is 0 Å². The highest BCUT2D eigenvalue weighted by Crippen LogP contribution is 2.20. The van der Waals surface area contributed by atoms with Crippen molar-refractivity contribution in [2.75, 3.05) is 19.6 Å². The van der Waals surface area contributed by atoms with Gasteiger partial charge in [0.25, 0.3) is 0 Å². The maximum Gasteiger partial charge on any atom is 0.215 e. The molecule has 20 heavy (non-hydrogen) atoms. The zero-order valence-electron chi connectivity index (χ0n) is 12.5. The summed E-state index contributed by atoms with van der Waals surface area (Å²) in [5.74, 6) is 0. The van der Waals surface area contributed by atoms with Gasteiger partial charge >= 0.3 is 0 Å². The molecule has 6 nitrogen and oxygen atoms in total. The van der Waals surface area contributed by atoms with Gasteiger partial charge in [-0.05, 0) is 19.4 Å². The van der Waals surface area contributed by atoms with E-state index in [9.17, 15) is 8.42 Å². The number of hydrogen-bond donors (Lipinski definition) is 1. The van der Waals surface area contributed by atoms with Crippen molar-refractivity contribution in [3.63, 3.8) is 0 Å². The summed E-state index contributed by atoms with van der Waals surface area (Å²) in [5, 5.41) is 4.14. The van der Waals surface area contributed by atoms with E-state index in [1.807, 2.05) is 24.9 Å². The lowest BCUT2D eigenvalue weighted by molar-refractivity contribution is 0.330. The quantitative estimate of drug-likeness (QED) is 0.830. The number of nitrogens with one attached hydrogen (secondary N) is 1. The summed E-state index contributed by atoms with van der Waals surface area (Å²) in [7, 11) is -1.24. The minimum absolute atomic E-state index is 0.288. The summed E-state index contributed by atoms with van der Waals surface area (Å²) in [6.45, 7) is 6.58. The van der Waals surface area contributed by atoms with E-state index >= 15 is 0 Å². The second kappa shape index (κ2) is 6.24. The van der Waals surface area contributed by atoms with Crippen LogP contribution in [-0.4, -0.2) is 48.0 Å². The molecule has 0 radical (unpaired) electrons. The minimum atomic E-state index is -3.16. The molecule has 1 N–H and O–H groups in total. The van der Waals surface area contributed by atoms with Gasteiger partial charge in [0, 0.05) is 38.4 Å². The SMILES string of the molecule is CCNS(=O)(=O)[C@H]1CCN(Cc2cn(C)nc2CC)C1. The number of nitrogens with zero attached hydrogens (tertiary/aromatic N) is 3. The summed E-state index contributed by atoms with van der Waals surface area (Å²) in [6.07, 6.45) is 3.64. The van der Waals surface area contributed by atoms with Crippen molar-refractivity contribution in [1.29, 1.82) is 0 Å². The Hall–Kier alpha value is -0.920. The molecule has 7 heteroatoms. The summed E-state index contributed by atoms with van der Waals surface area (Å²) in [4.78, 5) is 2.20. The Bertz CT molecular complexity index is 553. The highest BCUT2D eigenvalue weighted by atomic mass is 32.2. The van der Waals surface area contributed by atoms with E-state index in [0.29, 0.717) is 19.5 Å². The average molecular weight is 300 g/mol. The molecule has 0 amide bonds. The van der Waals surface area contributed by atoms with Gasteiger partial charge in [0.2, 0.25) is 10.0 Å². The lowest BCUT2D eigenvalue weighted by Crippen LogP contribution is -2.36. The molecule has 1 aromatic heterocycles. The number of hydrogen-bond acceptors (Lipinski definition) is 4. The first-order chi connectivity index (χ1) is 9.46. The lowest BCUT2D eigenvalue weighted by Gasteiger charge is -2.16. The van der Waals surface area contributed by atoms with E-state index in [1.165, 1.54) is 5.56 Å². The standard InChI is InChI=1S/C13H24N4O2S/c1-4-13-11(8-16(3)15-13)9-17-7-6-12(10-17)20(18,19)14-5-2/h8,12,14H,4-7,9-10H2,1-3H3/t12-/m0/s1. The molecule has 1 atom stereocenters. The van der Waals surface area contributed by atoms with Gasteiger partial charge in [0.1, 0.15) is 0 Å². The normalized spacial score (nSPS) is 20.6. The highest BCUT2D eigenvalue weighted by molar-refractivity contribution is 7.90. The molecule has 0 aliphatic carbocycles. The maximum atomic E-state index is 12.0. The van der Waals surface area contributed by atoms with Crippen LogP contribution in [0.2, 0.25) is 0 Å². The van der Waals surface area contributed by atoms with Crippen LogP contribution in [0, 0.1) is 0 Å². The van der Waals surface area contributed by atoms with Gasteiger partial charge in [0.05, 0.1) is 10.9 Å². The van der Waals surface area contributed by atoms with Crippen molar-refractivity contribution < 1.29 is 8.42 Å². The smallest absolute Gasteiger partial charge is 0.215 e. The zero-order chi connectivity index (χ0) is 14.8.